The monoisotopic (exact) mass is 302 g/mol. The molecule has 1 aromatic carbocycles. The highest BCUT2D eigenvalue weighted by molar-refractivity contribution is 7.89. The molecule has 0 saturated heterocycles. The van der Waals surface area contributed by atoms with E-state index in [4.69, 9.17) is 15.6 Å². The van der Waals surface area contributed by atoms with E-state index in [1.807, 2.05) is 0 Å². The number of nitrogen functional groups attached to an aromatic ring is 1. The standard InChI is InChI=1S/C13H22N2O4S/c1-13(2,6-7-16)15-20(17,18)9-8-19-12-5-3-4-11(14)10-12/h3-5,10,15-16H,6-9,14H2,1-2H3. The number of nitrogens with one attached hydrogen (secondary N) is 1. The molecule has 0 unspecified atom stereocenters. The molecular weight excluding hydrogens is 280 g/mol. The summed E-state index contributed by atoms with van der Waals surface area (Å²) in [5.41, 5.74) is 5.49. The van der Waals surface area contributed by atoms with E-state index in [9.17, 15) is 8.42 Å². The van der Waals surface area contributed by atoms with Crippen molar-refractivity contribution in [1.82, 2.24) is 4.72 Å². The van der Waals surface area contributed by atoms with Gasteiger partial charge in [-0.1, -0.05) is 6.07 Å². The lowest BCUT2D eigenvalue weighted by atomic mass is 10.0. The first-order valence-electron chi connectivity index (χ1n) is 6.35. The van der Waals surface area contributed by atoms with Gasteiger partial charge in [0.1, 0.15) is 12.4 Å². The van der Waals surface area contributed by atoms with Crippen LogP contribution in [0.3, 0.4) is 0 Å². The molecule has 0 heterocycles. The van der Waals surface area contributed by atoms with Gasteiger partial charge in [0.05, 0.1) is 5.75 Å². The fourth-order valence-corrected chi connectivity index (χ4v) is 3.02. The van der Waals surface area contributed by atoms with Crippen molar-refractivity contribution in [1.29, 1.82) is 0 Å². The Kier molecular flexibility index (Phi) is 5.79. The van der Waals surface area contributed by atoms with Gasteiger partial charge >= 0.3 is 0 Å². The van der Waals surface area contributed by atoms with Crippen LogP contribution in [0.5, 0.6) is 5.75 Å². The van der Waals surface area contributed by atoms with Crippen LogP contribution in [0.1, 0.15) is 20.3 Å². The van der Waals surface area contributed by atoms with Gasteiger partial charge in [0.15, 0.2) is 0 Å². The predicted octanol–water partition coefficient (Wildman–Crippen LogP) is 0.728. The molecule has 0 atom stereocenters. The number of aliphatic hydroxyl groups excluding tert-OH is 1. The third kappa shape index (κ3) is 6.23. The number of nitrogens with two attached hydrogens (primary N) is 1. The molecule has 0 bridgehead atoms. The van der Waals surface area contributed by atoms with Gasteiger partial charge in [-0.2, -0.15) is 0 Å². The Labute approximate surface area is 120 Å². The van der Waals surface area contributed by atoms with Gasteiger partial charge < -0.3 is 15.6 Å². The Hall–Kier alpha value is -1.31. The molecule has 1 aromatic rings. The van der Waals surface area contributed by atoms with Gasteiger partial charge in [-0.25, -0.2) is 13.1 Å². The maximum atomic E-state index is 11.9. The number of benzene rings is 1. The lowest BCUT2D eigenvalue weighted by Gasteiger charge is -2.24. The van der Waals surface area contributed by atoms with Crippen molar-refractivity contribution in [2.45, 2.75) is 25.8 Å². The zero-order chi connectivity index (χ0) is 15.2. The molecule has 0 amide bonds. The van der Waals surface area contributed by atoms with Gasteiger partial charge in [-0.3, -0.25) is 0 Å². The van der Waals surface area contributed by atoms with E-state index < -0.39 is 15.6 Å². The molecule has 20 heavy (non-hydrogen) atoms. The van der Waals surface area contributed by atoms with Crippen LogP contribution in [0.15, 0.2) is 24.3 Å². The molecule has 6 nitrogen and oxygen atoms in total. The summed E-state index contributed by atoms with van der Waals surface area (Å²) in [5.74, 6) is 0.381. The third-order valence-corrected chi connectivity index (χ3v) is 4.22. The first-order valence-corrected chi connectivity index (χ1v) is 8.00. The Morgan fingerprint density at radius 3 is 2.70 bits per heavy atom. The number of aliphatic hydroxyl groups is 1. The maximum absolute atomic E-state index is 11.9. The summed E-state index contributed by atoms with van der Waals surface area (Å²) in [6.45, 7) is 3.41. The Balaban J connectivity index is 2.48. The number of hydrogen-bond donors (Lipinski definition) is 3. The Morgan fingerprint density at radius 2 is 2.10 bits per heavy atom. The van der Waals surface area contributed by atoms with Crippen LogP contribution in [-0.2, 0) is 10.0 Å². The Morgan fingerprint density at radius 1 is 1.40 bits per heavy atom. The van der Waals surface area contributed by atoms with E-state index in [1.54, 1.807) is 38.1 Å². The summed E-state index contributed by atoms with van der Waals surface area (Å²) >= 11 is 0. The summed E-state index contributed by atoms with van der Waals surface area (Å²) in [4.78, 5) is 0. The van der Waals surface area contributed by atoms with Crippen LogP contribution in [-0.4, -0.2) is 38.0 Å². The molecule has 0 aliphatic rings. The fourth-order valence-electron chi connectivity index (χ4n) is 1.68. The summed E-state index contributed by atoms with van der Waals surface area (Å²) in [5, 5.41) is 8.88. The minimum Gasteiger partial charge on any atom is -0.492 e. The van der Waals surface area contributed by atoms with E-state index >= 15 is 0 Å². The number of ether oxygens (including phenoxy) is 1. The second-order valence-corrected chi connectivity index (χ2v) is 7.04. The summed E-state index contributed by atoms with van der Waals surface area (Å²) < 4.78 is 31.6. The largest absolute Gasteiger partial charge is 0.492 e. The maximum Gasteiger partial charge on any atom is 0.215 e. The second-order valence-electron chi connectivity index (χ2n) is 5.20. The van der Waals surface area contributed by atoms with Crippen LogP contribution >= 0.6 is 0 Å². The lowest BCUT2D eigenvalue weighted by molar-refractivity contribution is 0.245. The first-order chi connectivity index (χ1) is 9.24. The number of rotatable bonds is 8. The SMILES string of the molecule is CC(C)(CCO)NS(=O)(=O)CCOc1cccc(N)c1. The zero-order valence-corrected chi connectivity index (χ0v) is 12.6. The molecule has 0 fully saturated rings. The topological polar surface area (TPSA) is 102 Å². The highest BCUT2D eigenvalue weighted by atomic mass is 32.2. The molecule has 0 radical (unpaired) electrons. The van der Waals surface area contributed by atoms with Gasteiger partial charge in [-0.15, -0.1) is 0 Å². The normalized spacial score (nSPS) is 12.3. The number of sulfonamides is 1. The minimum atomic E-state index is -3.46. The van der Waals surface area contributed by atoms with Crippen molar-refractivity contribution >= 4 is 15.7 Å². The van der Waals surface area contributed by atoms with Gasteiger partial charge in [-0.05, 0) is 32.4 Å². The molecule has 7 heteroatoms. The van der Waals surface area contributed by atoms with Crippen molar-refractivity contribution < 1.29 is 18.3 Å². The van der Waals surface area contributed by atoms with Gasteiger partial charge in [0.2, 0.25) is 10.0 Å². The molecular formula is C13H22N2O4S. The van der Waals surface area contributed by atoms with Crippen LogP contribution in [0.4, 0.5) is 5.69 Å². The average molecular weight is 302 g/mol. The van der Waals surface area contributed by atoms with Crippen LogP contribution in [0.2, 0.25) is 0 Å². The molecule has 4 N–H and O–H groups in total. The molecule has 0 aromatic heterocycles. The van der Waals surface area contributed by atoms with E-state index in [-0.39, 0.29) is 19.0 Å². The quantitative estimate of drug-likeness (QED) is 0.614. The van der Waals surface area contributed by atoms with Gasteiger partial charge in [0, 0.05) is 23.9 Å². The van der Waals surface area contributed by atoms with Crippen LogP contribution in [0.25, 0.3) is 0 Å². The molecule has 0 aliphatic carbocycles. The minimum absolute atomic E-state index is 0.0357. The lowest BCUT2D eigenvalue weighted by Crippen LogP contribution is -2.45. The fraction of sp³-hybridized carbons (Fsp3) is 0.538. The molecule has 0 spiro atoms. The van der Waals surface area contributed by atoms with E-state index in [2.05, 4.69) is 4.72 Å². The van der Waals surface area contributed by atoms with Crippen molar-refractivity contribution in [2.24, 2.45) is 0 Å². The molecule has 0 saturated carbocycles. The predicted molar refractivity (Wildman–Crippen MR) is 79.1 cm³/mol. The number of anilines is 1. The van der Waals surface area contributed by atoms with E-state index in [0.29, 0.717) is 17.9 Å². The average Bonchev–Trinajstić information content (AvgIpc) is 2.26. The zero-order valence-electron chi connectivity index (χ0n) is 11.8. The summed E-state index contributed by atoms with van der Waals surface area (Å²) in [6, 6.07) is 6.81. The van der Waals surface area contributed by atoms with Crippen molar-refractivity contribution in [3.8, 4) is 5.75 Å². The molecule has 0 aliphatic heterocycles. The highest BCUT2D eigenvalue weighted by Crippen LogP contribution is 2.14. The van der Waals surface area contributed by atoms with Crippen molar-refractivity contribution in [2.75, 3.05) is 24.7 Å². The van der Waals surface area contributed by atoms with Crippen LogP contribution < -0.4 is 15.2 Å². The summed E-state index contributed by atoms with van der Waals surface area (Å²) in [7, 11) is -3.46. The third-order valence-electron chi connectivity index (χ3n) is 2.65. The smallest absolute Gasteiger partial charge is 0.215 e. The summed E-state index contributed by atoms with van der Waals surface area (Å²) in [6.07, 6.45) is 0.350. The van der Waals surface area contributed by atoms with Crippen LogP contribution in [0, 0.1) is 0 Å². The van der Waals surface area contributed by atoms with Crippen molar-refractivity contribution in [3.63, 3.8) is 0 Å². The second kappa shape index (κ2) is 6.92. The highest BCUT2D eigenvalue weighted by Gasteiger charge is 2.24. The van der Waals surface area contributed by atoms with E-state index in [0.717, 1.165) is 0 Å². The first kappa shape index (κ1) is 16.7. The molecule has 1 rings (SSSR count). The Bertz CT molecular complexity index is 529. The number of hydrogen-bond acceptors (Lipinski definition) is 5. The van der Waals surface area contributed by atoms with E-state index in [1.165, 1.54) is 0 Å². The molecule has 114 valence electrons. The van der Waals surface area contributed by atoms with Crippen molar-refractivity contribution in [3.05, 3.63) is 24.3 Å². The van der Waals surface area contributed by atoms with Gasteiger partial charge in [0.25, 0.3) is 0 Å².